The molecule has 8 heteroatoms. The number of rotatable bonds is 5. The number of hydrogen-bond acceptors (Lipinski definition) is 4. The van der Waals surface area contributed by atoms with E-state index in [1.54, 1.807) is 23.1 Å². The van der Waals surface area contributed by atoms with E-state index in [1.807, 2.05) is 22.3 Å². The number of carbonyl (C=O) groups is 2. The van der Waals surface area contributed by atoms with Gasteiger partial charge in [0.25, 0.3) is 5.91 Å². The Bertz CT molecular complexity index is 1210. The Morgan fingerprint density at radius 3 is 2.40 bits per heavy atom. The molecule has 2 aliphatic heterocycles. The Labute approximate surface area is 219 Å². The molecule has 1 fully saturated rings. The number of piperazine rings is 1. The highest BCUT2D eigenvalue weighted by Crippen LogP contribution is 2.37. The van der Waals surface area contributed by atoms with E-state index in [0.717, 1.165) is 13.0 Å². The van der Waals surface area contributed by atoms with Crippen LogP contribution in [0.5, 0.6) is 0 Å². The first kappa shape index (κ1) is 24.3. The Balaban J connectivity index is 1.18. The van der Waals surface area contributed by atoms with E-state index in [2.05, 4.69) is 40.6 Å². The molecule has 5 nitrogen and oxygen atoms in total. The Morgan fingerprint density at radius 1 is 0.914 bits per heavy atom. The van der Waals surface area contributed by atoms with E-state index in [0.29, 0.717) is 54.8 Å². The van der Waals surface area contributed by atoms with E-state index >= 15 is 0 Å². The number of amides is 2. The third-order valence-corrected chi connectivity index (χ3v) is 8.42. The van der Waals surface area contributed by atoms with Gasteiger partial charge in [0.05, 0.1) is 16.6 Å². The number of fused-ring (bicyclic) bond motifs is 1. The average molecular weight is 529 g/mol. The van der Waals surface area contributed by atoms with Crippen LogP contribution < -0.4 is 0 Å². The summed E-state index contributed by atoms with van der Waals surface area (Å²) in [6, 6.07) is 17.9. The largest absolute Gasteiger partial charge is 0.339 e. The third kappa shape index (κ3) is 5.26. The van der Waals surface area contributed by atoms with Crippen LogP contribution in [-0.4, -0.2) is 65.8 Å². The van der Waals surface area contributed by atoms with Crippen molar-refractivity contribution in [2.75, 3.05) is 39.3 Å². The third-order valence-electron chi connectivity index (χ3n) is 6.88. The van der Waals surface area contributed by atoms with Crippen LogP contribution in [0.2, 0.25) is 10.0 Å². The van der Waals surface area contributed by atoms with E-state index in [-0.39, 0.29) is 17.9 Å². The standard InChI is InChI=1S/C27H27Cl2N3O2S/c28-20-6-7-21(23(29)18-20)27(34)32-15-13-30(14-16-32)25(33)9-12-31-11-8-24-22(10-17-35-24)26(31)19-4-2-1-3-5-19/h1-7,10,17-18,26H,8-9,11-16H2/t26-/m0/s1. The molecule has 0 unspecified atom stereocenters. The topological polar surface area (TPSA) is 43.9 Å². The fraction of sp³-hybridized carbons (Fsp3) is 0.333. The molecular formula is C27H27Cl2N3O2S. The molecule has 0 bridgehead atoms. The quantitative estimate of drug-likeness (QED) is 0.447. The number of thiophene rings is 1. The van der Waals surface area contributed by atoms with E-state index < -0.39 is 0 Å². The maximum Gasteiger partial charge on any atom is 0.255 e. The Morgan fingerprint density at radius 2 is 1.66 bits per heavy atom. The summed E-state index contributed by atoms with van der Waals surface area (Å²) in [7, 11) is 0. The predicted molar refractivity (Wildman–Crippen MR) is 141 cm³/mol. The van der Waals surface area contributed by atoms with Crippen molar-refractivity contribution in [2.24, 2.45) is 0 Å². The molecule has 182 valence electrons. The molecule has 3 aromatic rings. The SMILES string of the molecule is O=C(CCN1CCc2sccc2[C@@H]1c1ccccc1)N1CCN(C(=O)c2ccc(Cl)cc2Cl)CC1. The number of carbonyl (C=O) groups excluding carboxylic acids is 2. The van der Waals surface area contributed by atoms with Crippen LogP contribution in [0, 0.1) is 0 Å². The van der Waals surface area contributed by atoms with Crippen LogP contribution >= 0.6 is 34.5 Å². The molecule has 35 heavy (non-hydrogen) atoms. The smallest absolute Gasteiger partial charge is 0.255 e. The molecule has 0 aliphatic carbocycles. The second kappa shape index (κ2) is 10.7. The summed E-state index contributed by atoms with van der Waals surface area (Å²) in [6.45, 7) is 3.73. The van der Waals surface area contributed by atoms with Gasteiger partial charge in [-0.2, -0.15) is 0 Å². The number of halogens is 2. The Kier molecular flexibility index (Phi) is 7.44. The number of nitrogens with zero attached hydrogens (tertiary/aromatic N) is 3. The van der Waals surface area contributed by atoms with E-state index in [1.165, 1.54) is 16.0 Å². The highest BCUT2D eigenvalue weighted by atomic mass is 35.5. The van der Waals surface area contributed by atoms with Crippen molar-refractivity contribution in [3.05, 3.63) is 91.6 Å². The molecule has 0 saturated carbocycles. The summed E-state index contributed by atoms with van der Waals surface area (Å²) in [6.07, 6.45) is 1.50. The molecule has 0 spiro atoms. The first-order valence-corrected chi connectivity index (χ1v) is 13.5. The lowest BCUT2D eigenvalue weighted by molar-refractivity contribution is -0.133. The number of benzene rings is 2. The van der Waals surface area contributed by atoms with Crippen LogP contribution in [0.1, 0.15) is 38.8 Å². The normalized spacial score (nSPS) is 18.4. The van der Waals surface area contributed by atoms with Gasteiger partial charge in [-0.3, -0.25) is 14.5 Å². The Hall–Kier alpha value is -2.38. The molecule has 0 N–H and O–H groups in total. The summed E-state index contributed by atoms with van der Waals surface area (Å²) in [4.78, 5) is 33.5. The van der Waals surface area contributed by atoms with Gasteiger partial charge in [-0.05, 0) is 47.2 Å². The van der Waals surface area contributed by atoms with Crippen molar-refractivity contribution < 1.29 is 9.59 Å². The van der Waals surface area contributed by atoms with Crippen LogP contribution in [0.3, 0.4) is 0 Å². The van der Waals surface area contributed by atoms with Gasteiger partial charge in [0.1, 0.15) is 0 Å². The predicted octanol–water partition coefficient (Wildman–Crippen LogP) is 5.38. The van der Waals surface area contributed by atoms with Gasteiger partial charge in [-0.1, -0.05) is 53.5 Å². The fourth-order valence-electron chi connectivity index (χ4n) is 5.02. The summed E-state index contributed by atoms with van der Waals surface area (Å²) in [5, 5.41) is 3.03. The lowest BCUT2D eigenvalue weighted by Crippen LogP contribution is -2.51. The zero-order chi connectivity index (χ0) is 24.4. The van der Waals surface area contributed by atoms with Crippen LogP contribution in [0.25, 0.3) is 0 Å². The van der Waals surface area contributed by atoms with Crippen molar-refractivity contribution in [1.29, 1.82) is 0 Å². The van der Waals surface area contributed by atoms with Crippen LogP contribution in [0.15, 0.2) is 60.0 Å². The molecule has 1 atom stereocenters. The van der Waals surface area contributed by atoms with Gasteiger partial charge < -0.3 is 9.80 Å². The molecule has 1 saturated heterocycles. The zero-order valence-corrected chi connectivity index (χ0v) is 21.7. The molecule has 1 aromatic heterocycles. The molecule has 3 heterocycles. The molecule has 5 rings (SSSR count). The first-order chi connectivity index (χ1) is 17.0. The van der Waals surface area contributed by atoms with Crippen molar-refractivity contribution >= 4 is 46.4 Å². The van der Waals surface area contributed by atoms with E-state index in [4.69, 9.17) is 23.2 Å². The van der Waals surface area contributed by atoms with Gasteiger partial charge >= 0.3 is 0 Å². The fourth-order valence-corrected chi connectivity index (χ4v) is 6.42. The van der Waals surface area contributed by atoms with Crippen molar-refractivity contribution in [3.63, 3.8) is 0 Å². The van der Waals surface area contributed by atoms with Crippen molar-refractivity contribution in [1.82, 2.24) is 14.7 Å². The first-order valence-electron chi connectivity index (χ1n) is 11.9. The van der Waals surface area contributed by atoms with Gasteiger partial charge in [0, 0.05) is 55.6 Å². The zero-order valence-electron chi connectivity index (χ0n) is 19.3. The van der Waals surface area contributed by atoms with Gasteiger partial charge in [-0.25, -0.2) is 0 Å². The molecular weight excluding hydrogens is 501 g/mol. The molecule has 2 aromatic carbocycles. The van der Waals surface area contributed by atoms with Gasteiger partial charge in [0.2, 0.25) is 5.91 Å². The minimum atomic E-state index is -0.121. The minimum Gasteiger partial charge on any atom is -0.339 e. The van der Waals surface area contributed by atoms with Crippen molar-refractivity contribution in [3.8, 4) is 0 Å². The summed E-state index contributed by atoms with van der Waals surface area (Å²) < 4.78 is 0. The monoisotopic (exact) mass is 527 g/mol. The highest BCUT2D eigenvalue weighted by Gasteiger charge is 2.31. The highest BCUT2D eigenvalue weighted by molar-refractivity contribution is 7.10. The van der Waals surface area contributed by atoms with Crippen molar-refractivity contribution in [2.45, 2.75) is 18.9 Å². The summed E-state index contributed by atoms with van der Waals surface area (Å²) in [5.74, 6) is 0.0221. The maximum absolute atomic E-state index is 13.1. The van der Waals surface area contributed by atoms with E-state index in [9.17, 15) is 9.59 Å². The number of hydrogen-bond donors (Lipinski definition) is 0. The second-order valence-electron chi connectivity index (χ2n) is 8.95. The van der Waals surface area contributed by atoms with Crippen LogP contribution in [0.4, 0.5) is 0 Å². The van der Waals surface area contributed by atoms with Crippen LogP contribution in [-0.2, 0) is 11.2 Å². The second-order valence-corrected chi connectivity index (χ2v) is 10.8. The minimum absolute atomic E-state index is 0.121. The summed E-state index contributed by atoms with van der Waals surface area (Å²) in [5.41, 5.74) is 3.08. The summed E-state index contributed by atoms with van der Waals surface area (Å²) >= 11 is 14.0. The van der Waals surface area contributed by atoms with Gasteiger partial charge in [0.15, 0.2) is 0 Å². The lowest BCUT2D eigenvalue weighted by Gasteiger charge is -2.38. The molecule has 2 amide bonds. The molecule has 2 aliphatic rings. The van der Waals surface area contributed by atoms with Gasteiger partial charge in [-0.15, -0.1) is 11.3 Å². The average Bonchev–Trinajstić information content (AvgIpc) is 3.36. The maximum atomic E-state index is 13.1. The molecule has 0 radical (unpaired) electrons. The lowest BCUT2D eigenvalue weighted by atomic mass is 9.93.